The zero-order valence-corrected chi connectivity index (χ0v) is 17.7. The summed E-state index contributed by atoms with van der Waals surface area (Å²) < 4.78 is 32.6. The molecule has 0 spiro atoms. The highest BCUT2D eigenvalue weighted by Gasteiger charge is 2.30. The lowest BCUT2D eigenvalue weighted by Crippen LogP contribution is -2.28. The van der Waals surface area contributed by atoms with Gasteiger partial charge in [-0.3, -0.25) is 4.79 Å². The molecule has 150 valence electrons. The highest BCUT2D eigenvalue weighted by molar-refractivity contribution is 7.89. The van der Waals surface area contributed by atoms with Gasteiger partial charge in [-0.1, -0.05) is 34.8 Å². The van der Waals surface area contributed by atoms with Gasteiger partial charge in [-0.15, -0.1) is 0 Å². The van der Waals surface area contributed by atoms with E-state index in [4.69, 9.17) is 39.5 Å². The molecule has 0 saturated carbocycles. The second kappa shape index (κ2) is 8.88. The molecule has 1 aliphatic rings. The van der Waals surface area contributed by atoms with E-state index in [1.165, 1.54) is 28.6 Å². The van der Waals surface area contributed by atoms with E-state index in [-0.39, 0.29) is 15.7 Å². The summed E-state index contributed by atoms with van der Waals surface area (Å²) in [7, 11) is -3.76. The molecule has 0 aromatic heterocycles. The Hall–Kier alpha value is -1.51. The first kappa shape index (κ1) is 21.2. The fraction of sp³-hybridized carbons (Fsp3) is 0.278. The van der Waals surface area contributed by atoms with Gasteiger partial charge in [-0.25, -0.2) is 8.42 Å². The summed E-state index contributed by atoms with van der Waals surface area (Å²) in [6.45, 7) is 0.483. The molecule has 1 amide bonds. The first-order chi connectivity index (χ1) is 13.3. The lowest BCUT2D eigenvalue weighted by atomic mass is 10.3. The fourth-order valence-electron chi connectivity index (χ4n) is 2.79. The molecule has 1 saturated heterocycles. The highest BCUT2D eigenvalue weighted by atomic mass is 35.5. The monoisotopic (exact) mass is 462 g/mol. The van der Waals surface area contributed by atoms with Crippen molar-refractivity contribution in [2.24, 2.45) is 0 Å². The summed E-state index contributed by atoms with van der Waals surface area (Å²) in [4.78, 5) is 12.1. The van der Waals surface area contributed by atoms with Gasteiger partial charge in [0.25, 0.3) is 5.91 Å². The molecule has 10 heteroatoms. The Labute approximate surface area is 178 Å². The zero-order chi connectivity index (χ0) is 20.3. The number of nitrogens with zero attached hydrogens (tertiary/aromatic N) is 1. The number of amides is 1. The third-order valence-electron chi connectivity index (χ3n) is 4.15. The van der Waals surface area contributed by atoms with Gasteiger partial charge in [0.1, 0.15) is 10.6 Å². The van der Waals surface area contributed by atoms with Gasteiger partial charge in [0.2, 0.25) is 10.0 Å². The number of nitrogens with one attached hydrogen (secondary N) is 1. The van der Waals surface area contributed by atoms with Gasteiger partial charge in [0, 0.05) is 23.1 Å². The van der Waals surface area contributed by atoms with Crippen LogP contribution in [0.3, 0.4) is 0 Å². The van der Waals surface area contributed by atoms with Crippen LogP contribution < -0.4 is 10.1 Å². The Balaban J connectivity index is 1.75. The number of ether oxygens (including phenoxy) is 1. The molecule has 0 atom stereocenters. The maximum absolute atomic E-state index is 12.9. The van der Waals surface area contributed by atoms with Crippen molar-refractivity contribution >= 4 is 56.4 Å². The van der Waals surface area contributed by atoms with Crippen LogP contribution in [0.25, 0.3) is 0 Å². The Morgan fingerprint density at radius 1 is 1.04 bits per heavy atom. The number of carbonyl (C=O) groups is 1. The zero-order valence-electron chi connectivity index (χ0n) is 14.6. The first-order valence-electron chi connectivity index (χ1n) is 8.45. The van der Waals surface area contributed by atoms with Crippen LogP contribution in [0.1, 0.15) is 12.8 Å². The van der Waals surface area contributed by atoms with Crippen molar-refractivity contribution in [3.05, 3.63) is 51.5 Å². The molecular weight excluding hydrogens is 447 g/mol. The predicted molar refractivity (Wildman–Crippen MR) is 110 cm³/mol. The molecule has 2 aromatic rings. The van der Waals surface area contributed by atoms with Crippen LogP contribution in [0.2, 0.25) is 15.1 Å². The summed E-state index contributed by atoms with van der Waals surface area (Å²) in [5.41, 5.74) is 0.337. The molecule has 1 aliphatic heterocycles. The van der Waals surface area contributed by atoms with E-state index in [1.807, 2.05) is 0 Å². The van der Waals surface area contributed by atoms with Crippen molar-refractivity contribution in [1.82, 2.24) is 4.31 Å². The maximum atomic E-state index is 12.9. The number of anilines is 1. The molecule has 6 nitrogen and oxygen atoms in total. The molecule has 0 unspecified atom stereocenters. The second-order valence-electron chi connectivity index (χ2n) is 6.16. The van der Waals surface area contributed by atoms with E-state index in [9.17, 15) is 13.2 Å². The minimum absolute atomic E-state index is 0.0589. The van der Waals surface area contributed by atoms with Crippen molar-refractivity contribution in [1.29, 1.82) is 0 Å². The van der Waals surface area contributed by atoms with Crippen molar-refractivity contribution in [3.63, 3.8) is 0 Å². The lowest BCUT2D eigenvalue weighted by molar-refractivity contribution is -0.118. The highest BCUT2D eigenvalue weighted by Crippen LogP contribution is 2.31. The second-order valence-corrected chi connectivity index (χ2v) is 9.35. The normalized spacial score (nSPS) is 14.8. The summed E-state index contributed by atoms with van der Waals surface area (Å²) in [6, 6.07) is 8.93. The Bertz CT molecular complexity index is 992. The van der Waals surface area contributed by atoms with E-state index in [1.54, 1.807) is 12.1 Å². The Kier molecular flexibility index (Phi) is 6.73. The van der Waals surface area contributed by atoms with Gasteiger partial charge in [0.05, 0.1) is 10.7 Å². The molecule has 28 heavy (non-hydrogen) atoms. The molecule has 0 radical (unpaired) electrons. The van der Waals surface area contributed by atoms with Crippen LogP contribution in [-0.2, 0) is 14.8 Å². The maximum Gasteiger partial charge on any atom is 0.262 e. The van der Waals surface area contributed by atoms with Gasteiger partial charge >= 0.3 is 0 Å². The average molecular weight is 464 g/mol. The van der Waals surface area contributed by atoms with E-state index in [0.29, 0.717) is 28.8 Å². The quantitative estimate of drug-likeness (QED) is 0.687. The fourth-order valence-corrected chi connectivity index (χ4v) is 5.04. The van der Waals surface area contributed by atoms with Gasteiger partial charge < -0.3 is 10.1 Å². The number of sulfonamides is 1. The van der Waals surface area contributed by atoms with Crippen molar-refractivity contribution in [3.8, 4) is 5.75 Å². The molecule has 2 aromatic carbocycles. The van der Waals surface area contributed by atoms with Crippen LogP contribution in [-0.4, -0.2) is 38.3 Å². The number of halogens is 3. The van der Waals surface area contributed by atoms with Gasteiger partial charge in [-0.05, 0) is 49.2 Å². The molecule has 1 N–H and O–H groups in total. The number of hydrogen-bond donors (Lipinski definition) is 1. The third-order valence-corrected chi connectivity index (χ3v) is 6.87. The minimum Gasteiger partial charge on any atom is -0.482 e. The molecule has 1 heterocycles. The van der Waals surface area contributed by atoms with E-state index >= 15 is 0 Å². The van der Waals surface area contributed by atoms with E-state index in [0.717, 1.165) is 12.8 Å². The molecule has 1 fully saturated rings. The Morgan fingerprint density at radius 3 is 2.39 bits per heavy atom. The van der Waals surface area contributed by atoms with Crippen molar-refractivity contribution in [2.45, 2.75) is 17.7 Å². The SMILES string of the molecule is O=C(COc1ccc(Cl)cc1S(=O)(=O)N1CCCC1)Nc1cc(Cl)ccc1Cl. The number of rotatable bonds is 6. The number of hydrogen-bond acceptors (Lipinski definition) is 4. The smallest absolute Gasteiger partial charge is 0.262 e. The van der Waals surface area contributed by atoms with Crippen LogP contribution in [0.4, 0.5) is 5.69 Å². The molecular formula is C18H17Cl3N2O4S. The molecule has 0 aliphatic carbocycles. The van der Waals surface area contributed by atoms with Crippen LogP contribution in [0, 0.1) is 0 Å². The average Bonchev–Trinajstić information content (AvgIpc) is 3.19. The number of carbonyl (C=O) groups excluding carboxylic acids is 1. The van der Waals surface area contributed by atoms with Gasteiger partial charge in [0.15, 0.2) is 6.61 Å². The largest absolute Gasteiger partial charge is 0.482 e. The summed E-state index contributed by atoms with van der Waals surface area (Å²) >= 11 is 17.9. The third kappa shape index (κ3) is 4.90. The van der Waals surface area contributed by atoms with Crippen molar-refractivity contribution in [2.75, 3.05) is 25.0 Å². The van der Waals surface area contributed by atoms with Crippen LogP contribution >= 0.6 is 34.8 Å². The first-order valence-corrected chi connectivity index (χ1v) is 11.0. The summed E-state index contributed by atoms with van der Waals surface area (Å²) in [5, 5.41) is 3.58. The predicted octanol–water partition coefficient (Wildman–Crippen LogP) is 4.45. The number of benzene rings is 2. The van der Waals surface area contributed by atoms with Gasteiger partial charge in [-0.2, -0.15) is 4.31 Å². The van der Waals surface area contributed by atoms with Crippen molar-refractivity contribution < 1.29 is 17.9 Å². The summed E-state index contributed by atoms with van der Waals surface area (Å²) in [5.74, 6) is -0.452. The minimum atomic E-state index is -3.76. The standard InChI is InChI=1S/C18H17Cl3N2O4S/c19-12-3-5-14(21)15(9-12)22-18(24)11-27-16-6-4-13(20)10-17(16)28(25,26)23-7-1-2-8-23/h3-6,9-10H,1-2,7-8,11H2,(H,22,24). The Morgan fingerprint density at radius 2 is 1.68 bits per heavy atom. The van der Waals surface area contributed by atoms with E-state index in [2.05, 4.69) is 5.32 Å². The molecule has 0 bridgehead atoms. The van der Waals surface area contributed by atoms with Crippen LogP contribution in [0.5, 0.6) is 5.75 Å². The topological polar surface area (TPSA) is 75.7 Å². The molecule has 3 rings (SSSR count). The lowest BCUT2D eigenvalue weighted by Gasteiger charge is -2.18. The van der Waals surface area contributed by atoms with Crippen LogP contribution in [0.15, 0.2) is 41.3 Å². The van der Waals surface area contributed by atoms with E-state index < -0.39 is 22.5 Å². The summed E-state index contributed by atoms with van der Waals surface area (Å²) in [6.07, 6.45) is 1.61.